The standard InChI is InChI=1S/C15H19N2O2.C10H8N2.Ru/c1-12(18)11-13(2)19-17-10-6-4-8-15(17)14-7-3-5-9-16-14;1-3-7-11-9(5-1)10-6-2-4-8-12-10;/h3-10,12-13,18H,11H2,1-2H3;1-8H;/q+1;;. The van der Waals surface area contributed by atoms with E-state index in [1.165, 1.54) is 0 Å². The predicted octanol–water partition coefficient (Wildman–Crippen LogP) is 3.77. The Balaban J connectivity index is 0.000000241. The first-order valence-corrected chi connectivity index (χ1v) is 10.2. The molecule has 0 fully saturated rings. The second-order valence-electron chi connectivity index (χ2n) is 7.06. The Hall–Kier alpha value is -3.02. The number of nitrogens with zero attached hydrogens (tertiary/aromatic N) is 4. The van der Waals surface area contributed by atoms with E-state index in [1.54, 1.807) is 30.2 Å². The van der Waals surface area contributed by atoms with Gasteiger partial charge in [-0.25, -0.2) is 4.98 Å². The number of aliphatic hydroxyl groups excluding tert-OH is 1. The molecular formula is C25H27N4O2Ru+. The van der Waals surface area contributed by atoms with Crippen molar-refractivity contribution in [2.24, 2.45) is 0 Å². The molecular weight excluding hydrogens is 489 g/mol. The molecule has 2 atom stereocenters. The second kappa shape index (κ2) is 13.4. The molecule has 32 heavy (non-hydrogen) atoms. The van der Waals surface area contributed by atoms with Gasteiger partial charge >= 0.3 is 0 Å². The van der Waals surface area contributed by atoms with Gasteiger partial charge < -0.3 is 5.11 Å². The Morgan fingerprint density at radius 2 is 1.25 bits per heavy atom. The third kappa shape index (κ3) is 7.91. The fourth-order valence-electron chi connectivity index (χ4n) is 2.98. The molecule has 1 N–H and O–H groups in total. The first-order chi connectivity index (χ1) is 15.1. The van der Waals surface area contributed by atoms with Gasteiger partial charge in [0, 0.05) is 61.4 Å². The Bertz CT molecular complexity index is 998. The summed E-state index contributed by atoms with van der Waals surface area (Å²) in [6, 6.07) is 23.2. The van der Waals surface area contributed by atoms with E-state index < -0.39 is 0 Å². The largest absolute Gasteiger partial charge is 0.393 e. The quantitative estimate of drug-likeness (QED) is 0.312. The summed E-state index contributed by atoms with van der Waals surface area (Å²) in [4.78, 5) is 18.5. The first kappa shape index (κ1) is 25.2. The van der Waals surface area contributed by atoms with Gasteiger partial charge in [0.15, 0.2) is 6.10 Å². The van der Waals surface area contributed by atoms with Gasteiger partial charge in [-0.05, 0) is 56.3 Å². The van der Waals surface area contributed by atoms with E-state index in [1.807, 2.05) is 85.9 Å². The molecule has 7 heteroatoms. The van der Waals surface area contributed by atoms with Crippen LogP contribution in [-0.2, 0) is 19.5 Å². The van der Waals surface area contributed by atoms with Gasteiger partial charge in [0.1, 0.15) is 5.69 Å². The summed E-state index contributed by atoms with van der Waals surface area (Å²) in [6.45, 7) is 3.70. The van der Waals surface area contributed by atoms with E-state index in [0.29, 0.717) is 6.42 Å². The van der Waals surface area contributed by atoms with Gasteiger partial charge in [0.05, 0.1) is 17.5 Å². The average Bonchev–Trinajstić information content (AvgIpc) is 2.81. The SMILES string of the molecule is CC(O)CC(C)O[n+]1ccccc1-c1ccccn1.[Ru].c1ccc(-c2ccccn2)nc1. The monoisotopic (exact) mass is 517 g/mol. The van der Waals surface area contributed by atoms with Crippen LogP contribution in [0.25, 0.3) is 22.8 Å². The maximum atomic E-state index is 9.39. The molecule has 0 saturated heterocycles. The molecule has 0 aliphatic heterocycles. The zero-order chi connectivity index (χ0) is 21.9. The van der Waals surface area contributed by atoms with Gasteiger partial charge in [-0.15, -0.1) is 0 Å². The van der Waals surface area contributed by atoms with Crippen LogP contribution in [0.4, 0.5) is 0 Å². The normalized spacial score (nSPS) is 11.8. The van der Waals surface area contributed by atoms with Crippen LogP contribution in [0.3, 0.4) is 0 Å². The molecule has 0 amide bonds. The fourth-order valence-corrected chi connectivity index (χ4v) is 2.98. The number of aliphatic hydroxyl groups is 1. The molecule has 4 aromatic heterocycles. The van der Waals surface area contributed by atoms with Crippen LogP contribution in [0.1, 0.15) is 20.3 Å². The molecule has 0 aliphatic rings. The maximum absolute atomic E-state index is 9.39. The molecule has 4 heterocycles. The third-order valence-electron chi connectivity index (χ3n) is 4.31. The molecule has 0 spiro atoms. The van der Waals surface area contributed by atoms with Gasteiger partial charge in [-0.2, -0.15) is 0 Å². The van der Waals surface area contributed by atoms with E-state index in [-0.39, 0.29) is 31.7 Å². The Morgan fingerprint density at radius 3 is 1.72 bits per heavy atom. The maximum Gasteiger partial charge on any atom is 0.282 e. The summed E-state index contributed by atoms with van der Waals surface area (Å²) in [5.41, 5.74) is 3.57. The van der Waals surface area contributed by atoms with Crippen molar-refractivity contribution in [2.45, 2.75) is 32.5 Å². The minimum Gasteiger partial charge on any atom is -0.393 e. The van der Waals surface area contributed by atoms with Gasteiger partial charge in [-0.3, -0.25) is 14.8 Å². The van der Waals surface area contributed by atoms with Crippen molar-refractivity contribution in [3.05, 3.63) is 97.6 Å². The van der Waals surface area contributed by atoms with Gasteiger partial charge in [0.2, 0.25) is 6.20 Å². The molecule has 0 radical (unpaired) electrons. The Kier molecular flexibility index (Phi) is 10.6. The number of hydrogen-bond donors (Lipinski definition) is 1. The van der Waals surface area contributed by atoms with Crippen LogP contribution in [-0.4, -0.2) is 32.3 Å². The minimum absolute atomic E-state index is 0. The van der Waals surface area contributed by atoms with Crippen molar-refractivity contribution in [3.63, 3.8) is 0 Å². The van der Waals surface area contributed by atoms with Crippen molar-refractivity contribution >= 4 is 0 Å². The molecule has 4 rings (SSSR count). The second-order valence-corrected chi connectivity index (χ2v) is 7.06. The van der Waals surface area contributed by atoms with Crippen molar-refractivity contribution in [1.82, 2.24) is 15.0 Å². The van der Waals surface area contributed by atoms with Crippen molar-refractivity contribution in [1.29, 1.82) is 0 Å². The van der Waals surface area contributed by atoms with Crippen LogP contribution < -0.4 is 9.57 Å². The first-order valence-electron chi connectivity index (χ1n) is 10.2. The molecule has 0 aliphatic carbocycles. The zero-order valence-corrected chi connectivity index (χ0v) is 19.8. The zero-order valence-electron chi connectivity index (χ0n) is 18.1. The predicted molar refractivity (Wildman–Crippen MR) is 120 cm³/mol. The third-order valence-corrected chi connectivity index (χ3v) is 4.31. The fraction of sp³-hybridized carbons (Fsp3) is 0.200. The average molecular weight is 517 g/mol. The summed E-state index contributed by atoms with van der Waals surface area (Å²) in [5, 5.41) is 9.39. The van der Waals surface area contributed by atoms with Crippen LogP contribution in [0.2, 0.25) is 0 Å². The topological polar surface area (TPSA) is 72.0 Å². The van der Waals surface area contributed by atoms with E-state index in [4.69, 9.17) is 4.84 Å². The van der Waals surface area contributed by atoms with Crippen LogP contribution >= 0.6 is 0 Å². The summed E-state index contributed by atoms with van der Waals surface area (Å²) < 4.78 is 1.70. The summed E-state index contributed by atoms with van der Waals surface area (Å²) in [7, 11) is 0. The van der Waals surface area contributed by atoms with Crippen molar-refractivity contribution < 1.29 is 34.2 Å². The van der Waals surface area contributed by atoms with E-state index in [2.05, 4.69) is 15.0 Å². The molecule has 166 valence electrons. The molecule has 2 unspecified atom stereocenters. The smallest absolute Gasteiger partial charge is 0.282 e. The molecule has 0 bridgehead atoms. The molecule has 6 nitrogen and oxygen atoms in total. The summed E-state index contributed by atoms with van der Waals surface area (Å²) in [5.74, 6) is 0. The summed E-state index contributed by atoms with van der Waals surface area (Å²) in [6.07, 6.45) is 7.28. The van der Waals surface area contributed by atoms with E-state index >= 15 is 0 Å². The van der Waals surface area contributed by atoms with Crippen molar-refractivity contribution in [2.75, 3.05) is 0 Å². The number of pyridine rings is 4. The Labute approximate surface area is 201 Å². The van der Waals surface area contributed by atoms with Gasteiger partial charge in [0.25, 0.3) is 5.69 Å². The number of hydrogen-bond acceptors (Lipinski definition) is 5. The van der Waals surface area contributed by atoms with Crippen LogP contribution in [0.15, 0.2) is 97.6 Å². The molecule has 0 saturated carbocycles. The van der Waals surface area contributed by atoms with Crippen LogP contribution in [0.5, 0.6) is 0 Å². The van der Waals surface area contributed by atoms with Crippen LogP contribution in [0, 0.1) is 0 Å². The Morgan fingerprint density at radius 1 is 0.750 bits per heavy atom. The minimum atomic E-state index is -0.377. The summed E-state index contributed by atoms with van der Waals surface area (Å²) >= 11 is 0. The van der Waals surface area contributed by atoms with Gasteiger partial charge in [-0.1, -0.05) is 18.2 Å². The molecule has 4 aromatic rings. The van der Waals surface area contributed by atoms with E-state index in [9.17, 15) is 5.11 Å². The van der Waals surface area contributed by atoms with E-state index in [0.717, 1.165) is 22.8 Å². The van der Waals surface area contributed by atoms with Crippen molar-refractivity contribution in [3.8, 4) is 22.8 Å². The number of rotatable bonds is 6. The number of aromatic nitrogens is 4. The molecule has 0 aromatic carbocycles.